The molecular weight excluding hydrogens is 198 g/mol. The summed E-state index contributed by atoms with van der Waals surface area (Å²) >= 11 is 0. The Morgan fingerprint density at radius 1 is 1.20 bits per heavy atom. The molecule has 15 heavy (non-hydrogen) atoms. The molecule has 0 spiro atoms. The average Bonchev–Trinajstić information content (AvgIpc) is 2.50. The third-order valence-corrected chi connectivity index (χ3v) is 2.18. The van der Waals surface area contributed by atoms with Crippen molar-refractivity contribution in [2.24, 2.45) is 0 Å². The molecule has 0 saturated carbocycles. The molecule has 2 rings (SSSR count). The molecule has 1 heterocycles. The minimum atomic E-state index is -0.560. The molecule has 2 nitrogen and oxygen atoms in total. The molecule has 1 aromatic heterocycles. The van der Waals surface area contributed by atoms with Crippen LogP contribution in [-0.4, -0.2) is 9.78 Å². The van der Waals surface area contributed by atoms with E-state index in [2.05, 4.69) is 5.10 Å². The van der Waals surface area contributed by atoms with E-state index in [1.165, 1.54) is 12.1 Å². The van der Waals surface area contributed by atoms with E-state index in [1.54, 1.807) is 10.9 Å². The van der Waals surface area contributed by atoms with Gasteiger partial charge in [0.25, 0.3) is 0 Å². The second-order valence-corrected chi connectivity index (χ2v) is 3.41. The zero-order chi connectivity index (χ0) is 10.8. The quantitative estimate of drug-likeness (QED) is 0.741. The van der Waals surface area contributed by atoms with E-state index < -0.39 is 11.6 Å². The summed E-state index contributed by atoms with van der Waals surface area (Å²) in [6.07, 6.45) is 1.66. The molecule has 0 fully saturated rings. The summed E-state index contributed by atoms with van der Waals surface area (Å²) in [4.78, 5) is 0. The molecule has 0 radical (unpaired) electrons. The molecule has 1 aromatic carbocycles. The molecule has 0 aliphatic heterocycles. The van der Waals surface area contributed by atoms with Gasteiger partial charge in [-0.25, -0.2) is 8.78 Å². The van der Waals surface area contributed by atoms with Crippen molar-refractivity contribution in [2.45, 2.75) is 13.5 Å². The summed E-state index contributed by atoms with van der Waals surface area (Å²) in [5, 5.41) is 4.04. The van der Waals surface area contributed by atoms with Gasteiger partial charge in [-0.05, 0) is 30.7 Å². The Kier molecular flexibility index (Phi) is 2.49. The maximum atomic E-state index is 12.9. The van der Waals surface area contributed by atoms with Gasteiger partial charge in [-0.15, -0.1) is 0 Å². The van der Waals surface area contributed by atoms with E-state index in [1.807, 2.05) is 13.0 Å². The lowest BCUT2D eigenvalue weighted by atomic mass is 10.2. The third-order valence-electron chi connectivity index (χ3n) is 2.18. The van der Waals surface area contributed by atoms with Crippen LogP contribution in [0.3, 0.4) is 0 Å². The van der Waals surface area contributed by atoms with Crippen molar-refractivity contribution in [1.29, 1.82) is 0 Å². The van der Waals surface area contributed by atoms with Crippen LogP contribution in [0.15, 0.2) is 30.5 Å². The Balaban J connectivity index is 2.28. The number of halogens is 2. The molecule has 0 unspecified atom stereocenters. The summed E-state index contributed by atoms with van der Waals surface area (Å²) in [6.45, 7) is 2.27. The second-order valence-electron chi connectivity index (χ2n) is 3.41. The van der Waals surface area contributed by atoms with Crippen molar-refractivity contribution in [1.82, 2.24) is 9.78 Å². The van der Waals surface area contributed by atoms with Gasteiger partial charge in [0.1, 0.15) is 11.6 Å². The summed E-state index contributed by atoms with van der Waals surface area (Å²) in [7, 11) is 0. The van der Waals surface area contributed by atoms with Gasteiger partial charge in [-0.1, -0.05) is 0 Å². The first-order valence-electron chi connectivity index (χ1n) is 4.58. The molecule has 0 N–H and O–H groups in total. The predicted octanol–water partition coefficient (Wildman–Crippen LogP) is 2.52. The fourth-order valence-corrected chi connectivity index (χ4v) is 1.44. The molecule has 0 aliphatic carbocycles. The topological polar surface area (TPSA) is 17.8 Å². The molecule has 0 amide bonds. The lowest BCUT2D eigenvalue weighted by Crippen LogP contribution is -2.04. The van der Waals surface area contributed by atoms with E-state index in [0.29, 0.717) is 12.1 Å². The van der Waals surface area contributed by atoms with Gasteiger partial charge in [-0.2, -0.15) is 5.10 Å². The lowest BCUT2D eigenvalue weighted by Gasteiger charge is -2.04. The normalized spacial score (nSPS) is 10.6. The second kappa shape index (κ2) is 3.81. The first kappa shape index (κ1) is 9.83. The zero-order valence-corrected chi connectivity index (χ0v) is 8.24. The van der Waals surface area contributed by atoms with Gasteiger partial charge < -0.3 is 0 Å². The van der Waals surface area contributed by atoms with Gasteiger partial charge >= 0.3 is 0 Å². The van der Waals surface area contributed by atoms with Crippen molar-refractivity contribution in [3.8, 4) is 0 Å². The highest BCUT2D eigenvalue weighted by atomic mass is 19.1. The van der Waals surface area contributed by atoms with Crippen molar-refractivity contribution in [3.05, 3.63) is 53.4 Å². The Bertz CT molecular complexity index is 457. The van der Waals surface area contributed by atoms with Gasteiger partial charge in [-0.3, -0.25) is 4.68 Å². The summed E-state index contributed by atoms with van der Waals surface area (Å²) in [6, 6.07) is 5.32. The van der Waals surface area contributed by atoms with E-state index in [0.717, 1.165) is 11.8 Å². The number of hydrogen-bond acceptors (Lipinski definition) is 1. The molecular formula is C11H10F2N2. The maximum Gasteiger partial charge on any atom is 0.126 e. The van der Waals surface area contributed by atoms with Gasteiger partial charge in [0.2, 0.25) is 0 Å². The van der Waals surface area contributed by atoms with Crippen LogP contribution < -0.4 is 0 Å². The summed E-state index contributed by atoms with van der Waals surface area (Å²) < 4.78 is 27.5. The first-order chi connectivity index (χ1) is 7.15. The van der Waals surface area contributed by atoms with Crippen LogP contribution in [0.5, 0.6) is 0 Å². The van der Waals surface area contributed by atoms with E-state index in [4.69, 9.17) is 0 Å². The zero-order valence-electron chi connectivity index (χ0n) is 8.24. The maximum absolute atomic E-state index is 12.9. The molecule has 0 bridgehead atoms. The fraction of sp³-hybridized carbons (Fsp3) is 0.182. The van der Waals surface area contributed by atoms with E-state index in [-0.39, 0.29) is 0 Å². The van der Waals surface area contributed by atoms with Crippen LogP contribution in [0, 0.1) is 18.6 Å². The van der Waals surface area contributed by atoms with Crippen LogP contribution >= 0.6 is 0 Å². The van der Waals surface area contributed by atoms with Crippen LogP contribution in [0.4, 0.5) is 8.78 Å². The molecule has 78 valence electrons. The molecule has 0 aliphatic rings. The number of aryl methyl sites for hydroxylation is 1. The van der Waals surface area contributed by atoms with Crippen molar-refractivity contribution in [3.63, 3.8) is 0 Å². The smallest absolute Gasteiger partial charge is 0.126 e. The molecule has 0 atom stereocenters. The lowest BCUT2D eigenvalue weighted by molar-refractivity contribution is 0.573. The Hall–Kier alpha value is -1.71. The van der Waals surface area contributed by atoms with Crippen LogP contribution in [0.1, 0.15) is 11.3 Å². The van der Waals surface area contributed by atoms with Crippen LogP contribution in [0.25, 0.3) is 0 Å². The minimum absolute atomic E-state index is 0.382. The van der Waals surface area contributed by atoms with Gasteiger partial charge in [0.05, 0.1) is 6.54 Å². The van der Waals surface area contributed by atoms with E-state index >= 15 is 0 Å². The fourth-order valence-electron chi connectivity index (χ4n) is 1.44. The average molecular weight is 208 g/mol. The Labute approximate surface area is 86.2 Å². The highest BCUT2D eigenvalue weighted by Gasteiger charge is 2.03. The largest absolute Gasteiger partial charge is 0.265 e. The molecule has 2 aromatic rings. The predicted molar refractivity (Wildman–Crippen MR) is 52.4 cm³/mol. The standard InChI is InChI=1S/C11H10F2N2/c1-8-2-3-14-15(8)7-9-4-10(12)6-11(13)5-9/h2-6H,7H2,1H3. The molecule has 0 saturated heterocycles. The number of hydrogen-bond donors (Lipinski definition) is 0. The SMILES string of the molecule is Cc1ccnn1Cc1cc(F)cc(F)c1. The first-order valence-corrected chi connectivity index (χ1v) is 4.58. The van der Waals surface area contributed by atoms with Crippen molar-refractivity contribution < 1.29 is 8.78 Å². The summed E-state index contributed by atoms with van der Waals surface area (Å²) in [5.41, 5.74) is 1.53. The number of aromatic nitrogens is 2. The number of rotatable bonds is 2. The highest BCUT2D eigenvalue weighted by molar-refractivity contribution is 5.18. The summed E-state index contributed by atoms with van der Waals surface area (Å²) in [5.74, 6) is -1.12. The number of nitrogens with zero attached hydrogens (tertiary/aromatic N) is 2. The minimum Gasteiger partial charge on any atom is -0.265 e. The third kappa shape index (κ3) is 2.21. The van der Waals surface area contributed by atoms with Crippen molar-refractivity contribution >= 4 is 0 Å². The van der Waals surface area contributed by atoms with Gasteiger partial charge in [0, 0.05) is 18.0 Å². The van der Waals surface area contributed by atoms with Crippen molar-refractivity contribution in [2.75, 3.05) is 0 Å². The van der Waals surface area contributed by atoms with E-state index in [9.17, 15) is 8.78 Å². The van der Waals surface area contributed by atoms with Crippen LogP contribution in [0.2, 0.25) is 0 Å². The monoisotopic (exact) mass is 208 g/mol. The van der Waals surface area contributed by atoms with Crippen LogP contribution in [-0.2, 0) is 6.54 Å². The Morgan fingerprint density at radius 2 is 1.87 bits per heavy atom. The molecule has 4 heteroatoms. The Morgan fingerprint density at radius 3 is 2.40 bits per heavy atom. The van der Waals surface area contributed by atoms with Gasteiger partial charge in [0.15, 0.2) is 0 Å². The number of benzene rings is 1. The highest BCUT2D eigenvalue weighted by Crippen LogP contribution is 2.10.